The molecule has 1 aliphatic heterocycles. The lowest BCUT2D eigenvalue weighted by atomic mass is 9.76. The molecule has 0 radical (unpaired) electrons. The van der Waals surface area contributed by atoms with Crippen molar-refractivity contribution in [3.05, 3.63) is 54.2 Å². The summed E-state index contributed by atoms with van der Waals surface area (Å²) in [5.74, 6) is -0.0935. The zero-order chi connectivity index (χ0) is 25.1. The summed E-state index contributed by atoms with van der Waals surface area (Å²) in [6.45, 7) is 0.748. The molecule has 7 nitrogen and oxygen atoms in total. The minimum Gasteiger partial charge on any atom is -0.368 e. The first-order valence-corrected chi connectivity index (χ1v) is 13.4. The first kappa shape index (κ1) is 24.5. The number of nitrogens with zero attached hydrogens (tertiary/aromatic N) is 2. The van der Waals surface area contributed by atoms with Gasteiger partial charge >= 0.3 is 0 Å². The van der Waals surface area contributed by atoms with Crippen LogP contribution >= 0.6 is 0 Å². The topological polar surface area (TPSA) is 104 Å². The molecule has 5 rings (SSSR count). The van der Waals surface area contributed by atoms with Gasteiger partial charge < -0.3 is 20.9 Å². The number of likely N-dealkylation sites (tertiary alicyclic amines) is 1. The van der Waals surface area contributed by atoms with E-state index in [2.05, 4.69) is 44.5 Å². The number of hydrogen-bond acceptors (Lipinski definition) is 4. The largest absolute Gasteiger partial charge is 0.368 e. The van der Waals surface area contributed by atoms with Gasteiger partial charge in [-0.1, -0.05) is 37.5 Å². The minimum atomic E-state index is -0.489. The number of carbonyl (C=O) groups is 2. The van der Waals surface area contributed by atoms with Crippen LogP contribution in [0.3, 0.4) is 0 Å². The Hall–Kier alpha value is -3.19. The fourth-order valence-electron chi connectivity index (χ4n) is 6.26. The summed E-state index contributed by atoms with van der Waals surface area (Å²) in [5.41, 5.74) is 9.73. The van der Waals surface area contributed by atoms with Crippen LogP contribution in [0.15, 0.2) is 48.7 Å². The van der Waals surface area contributed by atoms with Crippen LogP contribution in [0, 0.1) is 11.8 Å². The minimum absolute atomic E-state index is 0.0244. The number of aromatic amines is 1. The molecular formula is C29H37N5O2. The first-order valence-electron chi connectivity index (χ1n) is 13.4. The van der Waals surface area contributed by atoms with Gasteiger partial charge in [0.25, 0.3) is 0 Å². The molecule has 3 atom stereocenters. The molecule has 1 saturated heterocycles. The number of amides is 2. The molecule has 0 spiro atoms. The Morgan fingerprint density at radius 2 is 1.92 bits per heavy atom. The quantitative estimate of drug-likeness (QED) is 0.433. The predicted octanol–water partition coefficient (Wildman–Crippen LogP) is 4.55. The van der Waals surface area contributed by atoms with Crippen molar-refractivity contribution in [2.24, 2.45) is 17.6 Å². The van der Waals surface area contributed by atoms with E-state index >= 15 is 0 Å². The molecule has 190 valence electrons. The molecule has 36 heavy (non-hydrogen) atoms. The molecule has 3 heterocycles. The number of rotatable bonds is 8. The van der Waals surface area contributed by atoms with Crippen LogP contribution in [0.4, 0.5) is 0 Å². The number of benzene rings is 1. The van der Waals surface area contributed by atoms with Crippen molar-refractivity contribution in [1.82, 2.24) is 20.2 Å². The third kappa shape index (κ3) is 5.03. The van der Waals surface area contributed by atoms with Gasteiger partial charge in [-0.05, 0) is 74.9 Å². The van der Waals surface area contributed by atoms with Gasteiger partial charge in [0.1, 0.15) is 0 Å². The maximum atomic E-state index is 14.1. The highest BCUT2D eigenvalue weighted by atomic mass is 16.2. The zero-order valence-corrected chi connectivity index (χ0v) is 21.1. The Kier molecular flexibility index (Phi) is 7.37. The van der Waals surface area contributed by atoms with Crippen LogP contribution in [-0.2, 0) is 9.59 Å². The molecule has 1 aliphatic carbocycles. The van der Waals surface area contributed by atoms with Crippen molar-refractivity contribution in [2.45, 2.75) is 63.5 Å². The van der Waals surface area contributed by atoms with E-state index in [1.807, 2.05) is 24.4 Å². The number of nitrogens with two attached hydrogens (primary N) is 1. The molecule has 2 aromatic heterocycles. The predicted molar refractivity (Wildman–Crippen MR) is 142 cm³/mol. The molecular weight excluding hydrogens is 450 g/mol. The van der Waals surface area contributed by atoms with Gasteiger partial charge in [0.15, 0.2) is 0 Å². The summed E-state index contributed by atoms with van der Waals surface area (Å²) < 4.78 is 0. The van der Waals surface area contributed by atoms with Gasteiger partial charge in [0.2, 0.25) is 11.8 Å². The Bertz CT molecular complexity index is 1180. The van der Waals surface area contributed by atoms with E-state index in [0.717, 1.165) is 72.9 Å². The van der Waals surface area contributed by atoms with Crippen molar-refractivity contribution >= 4 is 22.7 Å². The number of pyridine rings is 1. The van der Waals surface area contributed by atoms with Crippen molar-refractivity contribution < 1.29 is 9.59 Å². The van der Waals surface area contributed by atoms with Gasteiger partial charge in [0.05, 0.1) is 23.5 Å². The fraction of sp³-hybridized carbons (Fsp3) is 0.483. The SMILES string of the molecule is CNC(CC(C(=O)N1CCCC1c1ccnc(-c2cc3ccccc3[nH]2)c1)C1CCCCC1)C(N)=O. The second-order valence-electron chi connectivity index (χ2n) is 10.4. The average molecular weight is 488 g/mol. The Morgan fingerprint density at radius 1 is 1.11 bits per heavy atom. The number of likely N-dealkylation sites (N-methyl/N-ethyl adjacent to an activating group) is 1. The normalized spacial score (nSPS) is 20.5. The summed E-state index contributed by atoms with van der Waals surface area (Å²) in [6.07, 6.45) is 9.84. The lowest BCUT2D eigenvalue weighted by Gasteiger charge is -2.36. The smallest absolute Gasteiger partial charge is 0.234 e. The molecule has 2 amide bonds. The van der Waals surface area contributed by atoms with Crippen LogP contribution in [0.2, 0.25) is 0 Å². The summed E-state index contributed by atoms with van der Waals surface area (Å²) in [6, 6.07) is 14.0. The van der Waals surface area contributed by atoms with Crippen molar-refractivity contribution in [1.29, 1.82) is 0 Å². The average Bonchev–Trinajstić information content (AvgIpc) is 3.57. The standard InChI is InChI=1S/C29H37N5O2/c1-31-26(28(30)35)18-22(19-8-3-2-4-9-19)29(36)34-15-7-12-27(34)21-13-14-32-24(17-21)25-16-20-10-5-6-11-23(20)33-25/h5-6,10-11,13-14,16-17,19,22,26-27,31,33H,2-4,7-9,12,15,18H2,1H3,(H2,30,35). The van der Waals surface area contributed by atoms with Gasteiger partial charge in [-0.2, -0.15) is 0 Å². The number of carbonyl (C=O) groups excluding carboxylic acids is 2. The molecule has 0 bridgehead atoms. The number of para-hydroxylation sites is 1. The van der Waals surface area contributed by atoms with Crippen LogP contribution < -0.4 is 11.1 Å². The van der Waals surface area contributed by atoms with Crippen molar-refractivity contribution in [3.8, 4) is 11.4 Å². The van der Waals surface area contributed by atoms with Crippen LogP contribution in [0.5, 0.6) is 0 Å². The molecule has 2 aliphatic rings. The number of hydrogen-bond donors (Lipinski definition) is 3. The number of H-pyrrole nitrogens is 1. The van der Waals surface area contributed by atoms with Gasteiger partial charge in [0, 0.05) is 29.6 Å². The van der Waals surface area contributed by atoms with Crippen molar-refractivity contribution in [2.75, 3.05) is 13.6 Å². The van der Waals surface area contributed by atoms with Gasteiger partial charge in [-0.15, -0.1) is 0 Å². The van der Waals surface area contributed by atoms with Gasteiger partial charge in [-0.25, -0.2) is 0 Å². The molecule has 2 fully saturated rings. The van der Waals surface area contributed by atoms with E-state index in [4.69, 9.17) is 5.73 Å². The number of aromatic nitrogens is 2. The Labute approximate surface area is 212 Å². The molecule has 3 aromatic rings. The highest BCUT2D eigenvalue weighted by Crippen LogP contribution is 2.39. The molecule has 7 heteroatoms. The monoisotopic (exact) mass is 487 g/mol. The van der Waals surface area contributed by atoms with Gasteiger partial charge in [-0.3, -0.25) is 14.6 Å². The second kappa shape index (κ2) is 10.8. The van der Waals surface area contributed by atoms with E-state index in [0.29, 0.717) is 12.3 Å². The molecule has 4 N–H and O–H groups in total. The fourth-order valence-corrected chi connectivity index (χ4v) is 6.26. The Balaban J connectivity index is 1.41. The van der Waals surface area contributed by atoms with Crippen LogP contribution in [0.1, 0.15) is 63.0 Å². The summed E-state index contributed by atoms with van der Waals surface area (Å²) in [4.78, 5) is 36.3. The maximum Gasteiger partial charge on any atom is 0.234 e. The lowest BCUT2D eigenvalue weighted by molar-refractivity contribution is -0.139. The van der Waals surface area contributed by atoms with Crippen LogP contribution in [0.25, 0.3) is 22.3 Å². The van der Waals surface area contributed by atoms with E-state index in [9.17, 15) is 9.59 Å². The van der Waals surface area contributed by atoms with Crippen molar-refractivity contribution in [3.63, 3.8) is 0 Å². The lowest BCUT2D eigenvalue weighted by Crippen LogP contribution is -2.46. The summed E-state index contributed by atoms with van der Waals surface area (Å²) in [7, 11) is 1.75. The summed E-state index contributed by atoms with van der Waals surface area (Å²) >= 11 is 0. The molecule has 3 unspecified atom stereocenters. The number of nitrogens with one attached hydrogen (secondary N) is 2. The second-order valence-corrected chi connectivity index (χ2v) is 10.4. The highest BCUT2D eigenvalue weighted by molar-refractivity contribution is 5.85. The van der Waals surface area contributed by atoms with Crippen LogP contribution in [-0.4, -0.2) is 46.3 Å². The van der Waals surface area contributed by atoms with E-state index < -0.39 is 6.04 Å². The maximum absolute atomic E-state index is 14.1. The zero-order valence-electron chi connectivity index (χ0n) is 21.1. The third-order valence-electron chi connectivity index (χ3n) is 8.23. The number of primary amides is 1. The number of fused-ring (bicyclic) bond motifs is 1. The van der Waals surface area contributed by atoms with E-state index in [-0.39, 0.29) is 23.8 Å². The van der Waals surface area contributed by atoms with E-state index in [1.54, 1.807) is 7.05 Å². The molecule has 1 aromatic carbocycles. The highest BCUT2D eigenvalue weighted by Gasteiger charge is 2.39. The third-order valence-corrected chi connectivity index (χ3v) is 8.23. The Morgan fingerprint density at radius 3 is 2.67 bits per heavy atom. The first-order chi connectivity index (χ1) is 17.5. The summed E-state index contributed by atoms with van der Waals surface area (Å²) in [5, 5.41) is 4.19. The van der Waals surface area contributed by atoms with E-state index in [1.165, 1.54) is 6.42 Å². The molecule has 1 saturated carbocycles.